The first-order valence-electron chi connectivity index (χ1n) is 8.84. The molecule has 0 aliphatic carbocycles. The molecule has 2 aromatic rings. The number of ether oxygens (including phenoxy) is 1. The van der Waals surface area contributed by atoms with Crippen LogP contribution in [0.4, 0.5) is 0 Å². The van der Waals surface area contributed by atoms with Crippen LogP contribution in [0.2, 0.25) is 0 Å². The standard InChI is InChI=1S/C19H26N4O3/c1-11(2)23-9-8-22(10-14(23)18(20)24)19(25)16-12(3)13-6-5-7-15(26-4)17(13)21-16/h5-7,11,14,21H,8-10H2,1-4H3,(H2,20,24). The number of amides is 2. The fourth-order valence-electron chi connectivity index (χ4n) is 3.72. The summed E-state index contributed by atoms with van der Waals surface area (Å²) in [5.74, 6) is 0.186. The number of methoxy groups -OCH3 is 1. The van der Waals surface area contributed by atoms with Gasteiger partial charge in [0.2, 0.25) is 5.91 Å². The van der Waals surface area contributed by atoms with E-state index in [-0.39, 0.29) is 11.9 Å². The summed E-state index contributed by atoms with van der Waals surface area (Å²) < 4.78 is 5.39. The number of carbonyl (C=O) groups is 2. The van der Waals surface area contributed by atoms with Crippen molar-refractivity contribution in [3.8, 4) is 5.75 Å². The lowest BCUT2D eigenvalue weighted by molar-refractivity contribution is -0.126. The van der Waals surface area contributed by atoms with Crippen LogP contribution >= 0.6 is 0 Å². The van der Waals surface area contributed by atoms with E-state index in [0.717, 1.165) is 16.5 Å². The first-order chi connectivity index (χ1) is 12.3. The number of piperazine rings is 1. The minimum Gasteiger partial charge on any atom is -0.495 e. The smallest absolute Gasteiger partial charge is 0.270 e. The molecule has 3 rings (SSSR count). The summed E-state index contributed by atoms with van der Waals surface area (Å²) in [4.78, 5) is 32.0. The average molecular weight is 358 g/mol. The molecule has 2 amide bonds. The molecule has 1 aromatic heterocycles. The zero-order chi connectivity index (χ0) is 19.0. The third kappa shape index (κ3) is 3.03. The third-order valence-corrected chi connectivity index (χ3v) is 5.19. The normalized spacial score (nSPS) is 18.5. The number of nitrogens with two attached hydrogens (primary N) is 1. The van der Waals surface area contributed by atoms with E-state index in [1.54, 1.807) is 12.0 Å². The van der Waals surface area contributed by atoms with Crippen molar-refractivity contribution in [2.24, 2.45) is 5.73 Å². The van der Waals surface area contributed by atoms with Crippen molar-refractivity contribution >= 4 is 22.7 Å². The molecule has 1 aliphatic heterocycles. The van der Waals surface area contributed by atoms with Gasteiger partial charge in [-0.15, -0.1) is 0 Å². The second-order valence-corrected chi connectivity index (χ2v) is 7.01. The number of hydrogen-bond donors (Lipinski definition) is 2. The molecule has 7 nitrogen and oxygen atoms in total. The number of hydrogen-bond acceptors (Lipinski definition) is 4. The number of nitrogens with one attached hydrogen (secondary N) is 1. The van der Waals surface area contributed by atoms with Gasteiger partial charge in [-0.25, -0.2) is 0 Å². The second kappa shape index (κ2) is 6.99. The molecule has 7 heteroatoms. The van der Waals surface area contributed by atoms with Crippen molar-refractivity contribution < 1.29 is 14.3 Å². The molecule has 1 aliphatic rings. The van der Waals surface area contributed by atoms with Crippen LogP contribution in [0.1, 0.15) is 29.9 Å². The number of aromatic amines is 1. The number of fused-ring (bicyclic) bond motifs is 1. The Balaban J connectivity index is 1.91. The monoisotopic (exact) mass is 358 g/mol. The molecule has 0 spiro atoms. The SMILES string of the molecule is COc1cccc2c(C)c(C(=O)N3CCN(C(C)C)C(C(N)=O)C3)[nH]c12. The predicted molar refractivity (Wildman–Crippen MR) is 100 cm³/mol. The van der Waals surface area contributed by atoms with E-state index in [1.165, 1.54) is 0 Å². The summed E-state index contributed by atoms with van der Waals surface area (Å²) in [6.45, 7) is 7.47. The number of carbonyl (C=O) groups excluding carboxylic acids is 2. The fraction of sp³-hybridized carbons (Fsp3) is 0.474. The summed E-state index contributed by atoms with van der Waals surface area (Å²) in [6.07, 6.45) is 0. The Kier molecular flexibility index (Phi) is 4.91. The summed E-state index contributed by atoms with van der Waals surface area (Å²) in [7, 11) is 1.61. The molecule has 26 heavy (non-hydrogen) atoms. The maximum absolute atomic E-state index is 13.1. The Morgan fingerprint density at radius 3 is 2.65 bits per heavy atom. The number of aryl methyl sites for hydroxylation is 1. The number of rotatable bonds is 4. The lowest BCUT2D eigenvalue weighted by Gasteiger charge is -2.41. The number of benzene rings is 1. The van der Waals surface area contributed by atoms with Crippen molar-refractivity contribution in [2.45, 2.75) is 32.9 Å². The fourth-order valence-corrected chi connectivity index (χ4v) is 3.72. The summed E-state index contributed by atoms with van der Waals surface area (Å²) in [6, 6.07) is 5.46. The number of nitrogens with zero attached hydrogens (tertiary/aromatic N) is 2. The van der Waals surface area contributed by atoms with Crippen LogP contribution in [-0.2, 0) is 4.79 Å². The highest BCUT2D eigenvalue weighted by atomic mass is 16.5. The van der Waals surface area contributed by atoms with E-state index in [0.29, 0.717) is 31.1 Å². The van der Waals surface area contributed by atoms with Crippen LogP contribution in [0.5, 0.6) is 5.75 Å². The van der Waals surface area contributed by atoms with Gasteiger partial charge < -0.3 is 20.4 Å². The van der Waals surface area contributed by atoms with Gasteiger partial charge in [0.1, 0.15) is 17.5 Å². The van der Waals surface area contributed by atoms with Gasteiger partial charge in [-0.3, -0.25) is 14.5 Å². The van der Waals surface area contributed by atoms with Gasteiger partial charge in [0.25, 0.3) is 5.91 Å². The molecule has 2 heterocycles. The molecule has 0 saturated carbocycles. The van der Waals surface area contributed by atoms with Crippen LogP contribution < -0.4 is 10.5 Å². The third-order valence-electron chi connectivity index (χ3n) is 5.19. The Hall–Kier alpha value is -2.54. The Morgan fingerprint density at radius 1 is 1.31 bits per heavy atom. The van der Waals surface area contributed by atoms with Gasteiger partial charge >= 0.3 is 0 Å². The lowest BCUT2D eigenvalue weighted by atomic mass is 10.1. The Morgan fingerprint density at radius 2 is 2.04 bits per heavy atom. The van der Waals surface area contributed by atoms with Crippen LogP contribution in [0, 0.1) is 6.92 Å². The number of primary amides is 1. The summed E-state index contributed by atoms with van der Waals surface area (Å²) in [5, 5.41) is 0.958. The number of para-hydroxylation sites is 1. The highest BCUT2D eigenvalue weighted by Crippen LogP contribution is 2.30. The lowest BCUT2D eigenvalue weighted by Crippen LogP contribution is -2.61. The van der Waals surface area contributed by atoms with Crippen LogP contribution in [-0.4, -0.2) is 65.4 Å². The quantitative estimate of drug-likeness (QED) is 0.866. The van der Waals surface area contributed by atoms with Gasteiger partial charge in [-0.05, 0) is 32.4 Å². The van der Waals surface area contributed by atoms with E-state index in [9.17, 15) is 9.59 Å². The topological polar surface area (TPSA) is 91.7 Å². The zero-order valence-electron chi connectivity index (χ0n) is 15.7. The first-order valence-corrected chi connectivity index (χ1v) is 8.84. The highest BCUT2D eigenvalue weighted by molar-refractivity contribution is 6.02. The maximum atomic E-state index is 13.1. The minimum absolute atomic E-state index is 0.115. The van der Waals surface area contributed by atoms with Gasteiger partial charge in [-0.2, -0.15) is 0 Å². The number of H-pyrrole nitrogens is 1. The highest BCUT2D eigenvalue weighted by Gasteiger charge is 2.35. The molecule has 1 saturated heterocycles. The molecule has 0 radical (unpaired) electrons. The van der Waals surface area contributed by atoms with E-state index in [2.05, 4.69) is 4.98 Å². The Bertz CT molecular complexity index is 843. The van der Waals surface area contributed by atoms with Gasteiger partial charge in [0.15, 0.2) is 0 Å². The second-order valence-electron chi connectivity index (χ2n) is 7.01. The number of aromatic nitrogens is 1. The molecule has 0 bridgehead atoms. The van der Waals surface area contributed by atoms with E-state index in [1.807, 2.05) is 43.9 Å². The molecule has 1 aromatic carbocycles. The molecule has 140 valence electrons. The molecule has 1 unspecified atom stereocenters. The average Bonchev–Trinajstić information content (AvgIpc) is 2.97. The summed E-state index contributed by atoms with van der Waals surface area (Å²) >= 11 is 0. The van der Waals surface area contributed by atoms with Gasteiger partial charge in [0, 0.05) is 31.1 Å². The zero-order valence-corrected chi connectivity index (χ0v) is 15.7. The van der Waals surface area contributed by atoms with E-state index >= 15 is 0 Å². The van der Waals surface area contributed by atoms with Crippen molar-refractivity contribution in [3.05, 3.63) is 29.5 Å². The molecule has 1 fully saturated rings. The van der Waals surface area contributed by atoms with E-state index in [4.69, 9.17) is 10.5 Å². The minimum atomic E-state index is -0.466. The predicted octanol–water partition coefficient (Wildman–Crippen LogP) is 1.51. The van der Waals surface area contributed by atoms with Crippen LogP contribution in [0.3, 0.4) is 0 Å². The molecule has 1 atom stereocenters. The van der Waals surface area contributed by atoms with Crippen molar-refractivity contribution in [2.75, 3.05) is 26.7 Å². The van der Waals surface area contributed by atoms with Crippen LogP contribution in [0.25, 0.3) is 10.9 Å². The largest absolute Gasteiger partial charge is 0.495 e. The van der Waals surface area contributed by atoms with Crippen LogP contribution in [0.15, 0.2) is 18.2 Å². The molecular weight excluding hydrogens is 332 g/mol. The first kappa shape index (κ1) is 18.3. The van der Waals surface area contributed by atoms with Crippen molar-refractivity contribution in [1.29, 1.82) is 0 Å². The van der Waals surface area contributed by atoms with Crippen molar-refractivity contribution in [1.82, 2.24) is 14.8 Å². The van der Waals surface area contributed by atoms with Gasteiger partial charge in [0.05, 0.1) is 12.6 Å². The summed E-state index contributed by atoms with van der Waals surface area (Å²) in [5.41, 5.74) is 7.80. The van der Waals surface area contributed by atoms with Gasteiger partial charge in [-0.1, -0.05) is 12.1 Å². The van der Waals surface area contributed by atoms with Crippen molar-refractivity contribution in [3.63, 3.8) is 0 Å². The molecular formula is C19H26N4O3. The van der Waals surface area contributed by atoms with E-state index < -0.39 is 11.9 Å². The Labute approximate surface area is 153 Å². The maximum Gasteiger partial charge on any atom is 0.270 e. The molecule has 3 N–H and O–H groups in total.